The Bertz CT molecular complexity index is 864. The summed E-state index contributed by atoms with van der Waals surface area (Å²) in [7, 11) is 0. The SMILES string of the molecule is Fc1ccc(C23OC4OC(OC(c5ccc(F)cc5)(O2)C4(Cl)Cl)C3(Cl)Cl)cc1. The molecule has 0 amide bonds. The van der Waals surface area contributed by atoms with E-state index in [1.54, 1.807) is 0 Å². The van der Waals surface area contributed by atoms with Gasteiger partial charge in [-0.05, 0) is 24.3 Å². The summed E-state index contributed by atoms with van der Waals surface area (Å²) in [4.78, 5) is 0. The fourth-order valence-corrected chi connectivity index (χ4v) is 4.77. The molecule has 4 unspecified atom stereocenters. The van der Waals surface area contributed by atoms with Crippen LogP contribution in [0.4, 0.5) is 8.78 Å². The molecular weight excluding hydrogens is 460 g/mol. The lowest BCUT2D eigenvalue weighted by Crippen LogP contribution is -2.81. The first-order chi connectivity index (χ1) is 13.1. The zero-order valence-electron chi connectivity index (χ0n) is 13.7. The van der Waals surface area contributed by atoms with E-state index >= 15 is 0 Å². The van der Waals surface area contributed by atoms with E-state index in [2.05, 4.69) is 0 Å². The Kier molecular flexibility index (Phi) is 4.08. The van der Waals surface area contributed by atoms with Gasteiger partial charge in [0.15, 0.2) is 0 Å². The van der Waals surface area contributed by atoms with Crippen LogP contribution in [0.3, 0.4) is 0 Å². The normalized spacial score (nSPS) is 37.2. The number of halogens is 6. The van der Waals surface area contributed by atoms with Crippen LogP contribution in [0, 0.1) is 11.6 Å². The molecular formula is C18H10Cl4F2O4. The molecule has 28 heavy (non-hydrogen) atoms. The van der Waals surface area contributed by atoms with E-state index in [1.165, 1.54) is 48.5 Å². The molecule has 2 aromatic rings. The molecule has 0 aliphatic carbocycles. The minimum absolute atomic E-state index is 0.302. The quantitative estimate of drug-likeness (QED) is 0.575. The predicted molar refractivity (Wildman–Crippen MR) is 96.9 cm³/mol. The number of hydrogen-bond donors (Lipinski definition) is 0. The van der Waals surface area contributed by atoms with Crippen molar-refractivity contribution >= 4 is 46.4 Å². The fourth-order valence-electron chi connectivity index (χ4n) is 3.62. The fraction of sp³-hybridized carbons (Fsp3) is 0.333. The van der Waals surface area contributed by atoms with Gasteiger partial charge in [0.1, 0.15) is 11.6 Å². The summed E-state index contributed by atoms with van der Waals surface area (Å²) in [6.07, 6.45) is -2.52. The molecule has 4 aliphatic heterocycles. The molecule has 4 atom stereocenters. The van der Waals surface area contributed by atoms with Gasteiger partial charge in [0.2, 0.25) is 32.8 Å². The van der Waals surface area contributed by atoms with Crippen LogP contribution in [0.25, 0.3) is 0 Å². The maximum atomic E-state index is 13.5. The van der Waals surface area contributed by atoms with Crippen molar-refractivity contribution in [2.45, 2.75) is 32.8 Å². The Hall–Kier alpha value is -0.700. The largest absolute Gasteiger partial charge is 0.317 e. The van der Waals surface area contributed by atoms with E-state index in [0.717, 1.165) is 0 Å². The topological polar surface area (TPSA) is 36.9 Å². The highest BCUT2D eigenvalue weighted by Gasteiger charge is 2.82. The van der Waals surface area contributed by atoms with Gasteiger partial charge >= 0.3 is 0 Å². The summed E-state index contributed by atoms with van der Waals surface area (Å²) in [6, 6.07) is 10.4. The van der Waals surface area contributed by atoms with Gasteiger partial charge in [-0.25, -0.2) is 8.78 Å². The van der Waals surface area contributed by atoms with Crippen LogP contribution in [0.5, 0.6) is 0 Å². The Labute approximate surface area is 178 Å². The second-order valence-electron chi connectivity index (χ2n) is 6.63. The van der Waals surface area contributed by atoms with Crippen LogP contribution in [0.2, 0.25) is 0 Å². The van der Waals surface area contributed by atoms with E-state index in [9.17, 15) is 8.78 Å². The summed E-state index contributed by atoms with van der Waals surface area (Å²) in [5.41, 5.74) is 0.603. The van der Waals surface area contributed by atoms with Crippen molar-refractivity contribution in [2.75, 3.05) is 0 Å². The average molecular weight is 470 g/mol. The summed E-state index contributed by atoms with van der Waals surface area (Å²) in [5.74, 6) is -4.66. The molecule has 4 heterocycles. The molecule has 4 aliphatic rings. The van der Waals surface area contributed by atoms with E-state index in [1.807, 2.05) is 0 Å². The highest BCUT2D eigenvalue weighted by Crippen LogP contribution is 2.69. The van der Waals surface area contributed by atoms with Gasteiger partial charge in [0, 0.05) is 11.1 Å². The van der Waals surface area contributed by atoms with Crippen LogP contribution < -0.4 is 0 Å². The van der Waals surface area contributed by atoms with Crippen LogP contribution in [0.1, 0.15) is 11.1 Å². The van der Waals surface area contributed by atoms with Gasteiger partial charge < -0.3 is 18.9 Å². The van der Waals surface area contributed by atoms with Gasteiger partial charge in [0.05, 0.1) is 0 Å². The van der Waals surface area contributed by atoms with Crippen LogP contribution in [-0.2, 0) is 30.5 Å². The molecule has 0 radical (unpaired) electrons. The Balaban J connectivity index is 1.73. The number of alkyl halides is 4. The molecule has 0 saturated carbocycles. The molecule has 4 nitrogen and oxygen atoms in total. The van der Waals surface area contributed by atoms with Crippen molar-refractivity contribution in [3.8, 4) is 0 Å². The van der Waals surface area contributed by atoms with Gasteiger partial charge in [-0.3, -0.25) is 0 Å². The minimum Gasteiger partial charge on any atom is -0.317 e. The summed E-state index contributed by atoms with van der Waals surface area (Å²) in [5, 5.41) is 0. The Morgan fingerprint density at radius 1 is 0.643 bits per heavy atom. The van der Waals surface area contributed by atoms with E-state index < -0.39 is 44.5 Å². The molecule has 4 fully saturated rings. The number of hydrogen-bond acceptors (Lipinski definition) is 4. The monoisotopic (exact) mass is 468 g/mol. The van der Waals surface area contributed by atoms with Crippen molar-refractivity contribution in [1.29, 1.82) is 0 Å². The number of benzene rings is 2. The molecule has 0 aromatic heterocycles. The van der Waals surface area contributed by atoms with Crippen LogP contribution in [0.15, 0.2) is 48.5 Å². The van der Waals surface area contributed by atoms with Gasteiger partial charge in [-0.2, -0.15) is 0 Å². The van der Waals surface area contributed by atoms with Gasteiger partial charge in [-0.1, -0.05) is 70.7 Å². The standard InChI is InChI=1S/C18H10Cl4F2O4/c19-15(20)13-25-14-16(21,22)18(27-13,10-3-7-12(24)8-4-10)28-17(15,26-14)9-1-5-11(23)6-2-9/h1-8,13-14H. The van der Waals surface area contributed by atoms with E-state index in [-0.39, 0.29) is 0 Å². The second-order valence-corrected chi connectivity index (χ2v) is 9.40. The predicted octanol–water partition coefficient (Wildman–Crippen LogP) is 5.08. The Morgan fingerprint density at radius 3 is 1.36 bits per heavy atom. The van der Waals surface area contributed by atoms with Crippen molar-refractivity contribution in [3.05, 3.63) is 71.3 Å². The maximum Gasteiger partial charge on any atom is 0.239 e. The molecule has 6 rings (SSSR count). The van der Waals surface area contributed by atoms with Crippen molar-refractivity contribution in [1.82, 2.24) is 0 Å². The zero-order chi connectivity index (χ0) is 19.9. The lowest BCUT2D eigenvalue weighted by molar-refractivity contribution is -0.576. The molecule has 4 saturated heterocycles. The lowest BCUT2D eigenvalue weighted by atomic mass is 9.89. The second kappa shape index (κ2) is 5.93. The minimum atomic E-state index is -1.89. The van der Waals surface area contributed by atoms with Crippen LogP contribution >= 0.6 is 46.4 Å². The maximum absolute atomic E-state index is 13.5. The third-order valence-corrected chi connectivity index (χ3v) is 6.71. The first-order valence-electron chi connectivity index (χ1n) is 8.11. The summed E-state index contributed by atoms with van der Waals surface area (Å²) in [6.45, 7) is 0. The van der Waals surface area contributed by atoms with Crippen LogP contribution in [-0.4, -0.2) is 21.2 Å². The van der Waals surface area contributed by atoms with Gasteiger partial charge in [-0.15, -0.1) is 0 Å². The molecule has 4 bridgehead atoms. The Morgan fingerprint density at radius 2 is 1.00 bits per heavy atom. The smallest absolute Gasteiger partial charge is 0.239 e. The summed E-state index contributed by atoms with van der Waals surface area (Å²) >= 11 is 26.2. The first-order valence-corrected chi connectivity index (χ1v) is 9.63. The summed E-state index contributed by atoms with van der Waals surface area (Å²) < 4.78 is 46.7. The zero-order valence-corrected chi connectivity index (χ0v) is 16.7. The third-order valence-electron chi connectivity index (χ3n) is 5.00. The molecule has 0 spiro atoms. The lowest BCUT2D eigenvalue weighted by Gasteiger charge is -2.67. The van der Waals surface area contributed by atoms with Crippen molar-refractivity contribution in [3.63, 3.8) is 0 Å². The highest BCUT2D eigenvalue weighted by molar-refractivity contribution is 6.51. The molecule has 2 aromatic carbocycles. The molecule has 10 heteroatoms. The number of rotatable bonds is 2. The van der Waals surface area contributed by atoms with Crippen molar-refractivity contribution < 1.29 is 27.7 Å². The van der Waals surface area contributed by atoms with Crippen molar-refractivity contribution in [2.24, 2.45) is 0 Å². The first kappa shape index (κ1) is 19.3. The van der Waals surface area contributed by atoms with E-state index in [4.69, 9.17) is 65.4 Å². The number of ether oxygens (including phenoxy) is 4. The highest BCUT2D eigenvalue weighted by atomic mass is 35.5. The van der Waals surface area contributed by atoms with Gasteiger partial charge in [0.25, 0.3) is 0 Å². The average Bonchev–Trinajstić information content (AvgIpc) is 2.62. The van der Waals surface area contributed by atoms with E-state index in [0.29, 0.717) is 11.1 Å². The molecule has 0 N–H and O–H groups in total. The third kappa shape index (κ3) is 2.26. The molecule has 148 valence electrons.